The average molecular weight is 489 g/mol. The predicted octanol–water partition coefficient (Wildman–Crippen LogP) is 4.73. The maximum atomic E-state index is 13.7. The minimum atomic E-state index is -0.259. The highest BCUT2D eigenvalue weighted by atomic mass is 32.2. The van der Waals surface area contributed by atoms with Gasteiger partial charge in [-0.1, -0.05) is 58.9 Å². The molecule has 7 heteroatoms. The summed E-state index contributed by atoms with van der Waals surface area (Å²) in [7, 11) is 0. The van der Waals surface area contributed by atoms with Crippen molar-refractivity contribution in [1.29, 1.82) is 0 Å². The Bertz CT molecular complexity index is 1390. The van der Waals surface area contributed by atoms with Crippen LogP contribution < -0.4 is 9.77 Å². The Morgan fingerprint density at radius 2 is 1.47 bits per heavy atom. The highest BCUT2D eigenvalue weighted by molar-refractivity contribution is 8.00. The monoisotopic (exact) mass is 488 g/mol. The third-order valence-corrected chi connectivity index (χ3v) is 11.0. The molecule has 0 radical (unpaired) electrons. The first-order chi connectivity index (χ1) is 16.4. The van der Waals surface area contributed by atoms with Crippen LogP contribution in [-0.2, 0) is 9.59 Å². The number of carbonyl (C=O) groups is 2. The minimum Gasteiger partial charge on any atom is -0.307 e. The summed E-state index contributed by atoms with van der Waals surface area (Å²) in [5.74, 6) is 0.0412. The van der Waals surface area contributed by atoms with Gasteiger partial charge < -0.3 is 4.98 Å². The predicted molar refractivity (Wildman–Crippen MR) is 133 cm³/mol. The van der Waals surface area contributed by atoms with E-state index in [-0.39, 0.29) is 57.4 Å². The van der Waals surface area contributed by atoms with E-state index in [0.29, 0.717) is 5.69 Å². The molecule has 1 N–H and O–H groups in total. The molecular weight excluding hydrogens is 464 g/mol. The van der Waals surface area contributed by atoms with Gasteiger partial charge in [-0.3, -0.25) is 19.3 Å². The molecule has 2 aliphatic heterocycles. The number of H-pyrrole nitrogens is 1. The smallest absolute Gasteiger partial charge is 0.305 e. The van der Waals surface area contributed by atoms with Gasteiger partial charge in [-0.05, 0) is 55.7 Å². The lowest BCUT2D eigenvalue weighted by atomic mass is 9.68. The van der Waals surface area contributed by atoms with E-state index >= 15 is 0 Å². The standard InChI is InChI=1S/C27H24N2O3S2/c1-12-3-7-14(8-4-12)18-19-16-11-17(22(19)33-24-23(18)34-27(32)28-24)21-20(16)25(30)29(26(21)31)15-9-5-13(2)6-10-15/h3-10,16-22H,11H2,1-2H3,(H,28,32)/t16-,17+,18+,19-,20+,21+,22-/m1/s1. The second-order valence-electron chi connectivity index (χ2n) is 10.2. The largest absolute Gasteiger partial charge is 0.307 e. The van der Waals surface area contributed by atoms with Crippen molar-refractivity contribution in [3.8, 4) is 0 Å². The molecule has 2 aliphatic carbocycles. The fourth-order valence-electron chi connectivity index (χ4n) is 7.11. The second kappa shape index (κ2) is 7.18. The summed E-state index contributed by atoms with van der Waals surface area (Å²) in [4.78, 5) is 45.3. The molecule has 1 saturated heterocycles. The van der Waals surface area contributed by atoms with Crippen LogP contribution in [0, 0.1) is 43.4 Å². The van der Waals surface area contributed by atoms with Gasteiger partial charge >= 0.3 is 4.87 Å². The summed E-state index contributed by atoms with van der Waals surface area (Å²) >= 11 is 3.04. The molecule has 7 atom stereocenters. The van der Waals surface area contributed by atoms with Crippen molar-refractivity contribution in [3.05, 3.63) is 79.8 Å². The van der Waals surface area contributed by atoms with Gasteiger partial charge in [-0.2, -0.15) is 0 Å². The summed E-state index contributed by atoms with van der Waals surface area (Å²) < 4.78 is 0. The minimum absolute atomic E-state index is 0.0279. The molecule has 5 nitrogen and oxygen atoms in total. The highest BCUT2D eigenvalue weighted by Crippen LogP contribution is 2.68. The maximum absolute atomic E-state index is 13.7. The number of nitrogens with zero attached hydrogens (tertiary/aromatic N) is 1. The van der Waals surface area contributed by atoms with Crippen molar-refractivity contribution in [2.24, 2.45) is 29.6 Å². The first kappa shape index (κ1) is 20.7. The van der Waals surface area contributed by atoms with Crippen LogP contribution in [0.25, 0.3) is 0 Å². The third-order valence-electron chi connectivity index (χ3n) is 8.45. The van der Waals surface area contributed by atoms with E-state index in [1.165, 1.54) is 27.4 Å². The van der Waals surface area contributed by atoms with Crippen molar-refractivity contribution in [2.45, 2.75) is 36.5 Å². The first-order valence-electron chi connectivity index (χ1n) is 11.8. The van der Waals surface area contributed by atoms with Crippen LogP contribution in [0.15, 0.2) is 58.4 Å². The Kier molecular flexibility index (Phi) is 4.38. The molecule has 3 heterocycles. The molecule has 4 aliphatic rings. The van der Waals surface area contributed by atoms with Crippen LogP contribution in [0.2, 0.25) is 0 Å². The van der Waals surface area contributed by atoms with Crippen molar-refractivity contribution in [1.82, 2.24) is 4.98 Å². The number of fused-ring (bicyclic) bond motifs is 9. The summed E-state index contributed by atoms with van der Waals surface area (Å²) in [6.45, 7) is 4.08. The van der Waals surface area contributed by atoms with E-state index in [2.05, 4.69) is 36.2 Å². The molecule has 2 aromatic carbocycles. The van der Waals surface area contributed by atoms with Crippen LogP contribution >= 0.6 is 23.1 Å². The number of imide groups is 1. The molecule has 3 fully saturated rings. The molecule has 2 saturated carbocycles. The van der Waals surface area contributed by atoms with E-state index in [1.54, 1.807) is 11.8 Å². The summed E-state index contributed by atoms with van der Waals surface area (Å²) in [6, 6.07) is 16.3. The number of rotatable bonds is 2. The van der Waals surface area contributed by atoms with E-state index in [4.69, 9.17) is 0 Å². The zero-order chi connectivity index (χ0) is 23.3. The van der Waals surface area contributed by atoms with E-state index in [1.807, 2.05) is 31.2 Å². The highest BCUT2D eigenvalue weighted by Gasteiger charge is 2.69. The van der Waals surface area contributed by atoms with E-state index in [9.17, 15) is 14.4 Å². The van der Waals surface area contributed by atoms with Crippen LogP contribution in [-0.4, -0.2) is 22.0 Å². The van der Waals surface area contributed by atoms with Gasteiger partial charge in [-0.15, -0.1) is 11.8 Å². The maximum Gasteiger partial charge on any atom is 0.305 e. The van der Waals surface area contributed by atoms with Gasteiger partial charge in [-0.25, -0.2) is 0 Å². The molecule has 2 bridgehead atoms. The normalized spacial score (nSPS) is 33.2. The average Bonchev–Trinajstić information content (AvgIpc) is 3.54. The van der Waals surface area contributed by atoms with Gasteiger partial charge in [0.05, 0.1) is 22.5 Å². The Labute approximate surface area is 205 Å². The number of carbonyl (C=O) groups excluding carboxylic acids is 2. The number of nitrogens with one attached hydrogen (secondary N) is 1. The molecule has 7 rings (SSSR count). The van der Waals surface area contributed by atoms with Gasteiger partial charge in [0.25, 0.3) is 0 Å². The van der Waals surface area contributed by atoms with E-state index in [0.717, 1.165) is 21.9 Å². The number of amides is 2. The molecule has 0 unspecified atom stereocenters. The van der Waals surface area contributed by atoms with Crippen molar-refractivity contribution >= 4 is 40.6 Å². The second-order valence-corrected chi connectivity index (χ2v) is 12.4. The lowest BCUT2D eigenvalue weighted by Crippen LogP contribution is -2.42. The topological polar surface area (TPSA) is 70.2 Å². The molecule has 3 aromatic rings. The molecular formula is C27H24N2O3S2. The van der Waals surface area contributed by atoms with Gasteiger partial charge in [0.1, 0.15) is 0 Å². The van der Waals surface area contributed by atoms with Crippen molar-refractivity contribution in [2.75, 3.05) is 4.90 Å². The van der Waals surface area contributed by atoms with Crippen molar-refractivity contribution < 1.29 is 9.59 Å². The Morgan fingerprint density at radius 3 is 2.15 bits per heavy atom. The Morgan fingerprint density at radius 1 is 0.853 bits per heavy atom. The number of aryl methyl sites for hydroxylation is 2. The van der Waals surface area contributed by atoms with Crippen LogP contribution in [0.4, 0.5) is 5.69 Å². The number of hydrogen-bond donors (Lipinski definition) is 1. The molecule has 2 amide bonds. The van der Waals surface area contributed by atoms with Crippen molar-refractivity contribution in [3.63, 3.8) is 0 Å². The van der Waals surface area contributed by atoms with Crippen LogP contribution in [0.3, 0.4) is 0 Å². The number of thiazole rings is 1. The lowest BCUT2D eigenvalue weighted by molar-refractivity contribution is -0.123. The fourth-order valence-corrected chi connectivity index (χ4v) is 10.0. The number of thioether (sulfide) groups is 1. The SMILES string of the molecule is Cc1ccc([C@@H]2c3sc(=O)[nH]c3S[C@@H]3[C@H]4C[C@@H]([C@@H]5C(=O)N(c6ccc(C)cc6)C(=O)[C@@H]45)[C@H]23)cc1. The summed E-state index contributed by atoms with van der Waals surface area (Å²) in [5.41, 5.74) is 4.19. The number of benzene rings is 2. The lowest BCUT2D eigenvalue weighted by Gasteiger charge is -2.43. The quantitative estimate of drug-likeness (QED) is 0.530. The van der Waals surface area contributed by atoms with Crippen LogP contribution in [0.1, 0.15) is 33.9 Å². The zero-order valence-corrected chi connectivity index (χ0v) is 20.5. The van der Waals surface area contributed by atoms with Gasteiger partial charge in [0.2, 0.25) is 11.8 Å². The molecule has 1 aromatic heterocycles. The third kappa shape index (κ3) is 2.71. The number of aromatic amines is 1. The Hall–Kier alpha value is -2.64. The number of anilines is 1. The van der Waals surface area contributed by atoms with E-state index < -0.39 is 0 Å². The van der Waals surface area contributed by atoms with Crippen LogP contribution in [0.5, 0.6) is 0 Å². The summed E-state index contributed by atoms with van der Waals surface area (Å²) in [5, 5.41) is 1.18. The molecule has 172 valence electrons. The summed E-state index contributed by atoms with van der Waals surface area (Å²) in [6.07, 6.45) is 0.915. The van der Waals surface area contributed by atoms with Gasteiger partial charge in [0, 0.05) is 16.0 Å². The number of aromatic nitrogens is 1. The molecule has 0 spiro atoms. The number of hydrogen-bond acceptors (Lipinski definition) is 5. The van der Waals surface area contributed by atoms with Gasteiger partial charge in [0.15, 0.2) is 0 Å². The first-order valence-corrected chi connectivity index (χ1v) is 13.5. The Balaban J connectivity index is 1.32. The molecule has 34 heavy (non-hydrogen) atoms. The zero-order valence-electron chi connectivity index (χ0n) is 18.9. The fraction of sp³-hybridized carbons (Fsp3) is 0.370.